The molecule has 136 valence electrons. The van der Waals surface area contributed by atoms with Gasteiger partial charge in [-0.15, -0.1) is 11.3 Å². The lowest BCUT2D eigenvalue weighted by Gasteiger charge is -2.11. The first-order valence-electron chi connectivity index (χ1n) is 8.17. The smallest absolute Gasteiger partial charge is 0.261 e. The Morgan fingerprint density at radius 1 is 1.15 bits per heavy atom. The molecule has 3 rings (SSSR count). The molecule has 0 aliphatic heterocycles. The Bertz CT molecular complexity index is 951. The Kier molecular flexibility index (Phi) is 5.58. The summed E-state index contributed by atoms with van der Waals surface area (Å²) in [6.07, 6.45) is 0. The van der Waals surface area contributed by atoms with Crippen LogP contribution in [0.1, 0.15) is 31.0 Å². The average molecular weight is 389 g/mol. The maximum atomic E-state index is 12.6. The van der Waals surface area contributed by atoms with Crippen LogP contribution in [-0.4, -0.2) is 13.4 Å². The van der Waals surface area contributed by atoms with Crippen LogP contribution in [0, 0.1) is 0 Å². The van der Waals surface area contributed by atoms with Crippen LogP contribution in [0.25, 0.3) is 0 Å². The Morgan fingerprint density at radius 3 is 2.58 bits per heavy atom. The van der Waals surface area contributed by atoms with Crippen LogP contribution in [0.3, 0.4) is 0 Å². The minimum Gasteiger partial charge on any atom is -0.487 e. The molecule has 5 nitrogen and oxygen atoms in total. The molecule has 1 aromatic heterocycles. The largest absolute Gasteiger partial charge is 0.487 e. The maximum Gasteiger partial charge on any atom is 0.261 e. The molecule has 1 heterocycles. The Balaban J connectivity index is 1.71. The van der Waals surface area contributed by atoms with Gasteiger partial charge in [0.25, 0.3) is 10.0 Å². The van der Waals surface area contributed by atoms with Crippen molar-refractivity contribution in [1.82, 2.24) is 4.98 Å². The number of ether oxygens (including phenoxy) is 1. The Morgan fingerprint density at radius 2 is 1.92 bits per heavy atom. The highest BCUT2D eigenvalue weighted by molar-refractivity contribution is 7.92. The second-order valence-corrected chi connectivity index (χ2v) is 8.53. The molecule has 0 aliphatic carbocycles. The lowest BCUT2D eigenvalue weighted by Crippen LogP contribution is -2.13. The second kappa shape index (κ2) is 7.88. The van der Waals surface area contributed by atoms with E-state index >= 15 is 0 Å². The molecule has 0 saturated heterocycles. The molecule has 0 atom stereocenters. The van der Waals surface area contributed by atoms with E-state index in [1.165, 1.54) is 11.3 Å². The number of rotatable bonds is 7. The number of aromatic nitrogens is 1. The molecule has 0 bridgehead atoms. The van der Waals surface area contributed by atoms with Crippen molar-refractivity contribution in [3.8, 4) is 5.75 Å². The van der Waals surface area contributed by atoms with Crippen LogP contribution in [0.5, 0.6) is 5.75 Å². The summed E-state index contributed by atoms with van der Waals surface area (Å²) in [7, 11) is -3.65. The molecule has 0 fully saturated rings. The molecule has 0 amide bonds. The summed E-state index contributed by atoms with van der Waals surface area (Å²) in [4.78, 5) is 4.39. The third-order valence-electron chi connectivity index (χ3n) is 3.81. The van der Waals surface area contributed by atoms with Crippen molar-refractivity contribution in [1.29, 1.82) is 0 Å². The van der Waals surface area contributed by atoms with Gasteiger partial charge in [-0.25, -0.2) is 13.4 Å². The van der Waals surface area contributed by atoms with Crippen molar-refractivity contribution < 1.29 is 13.2 Å². The van der Waals surface area contributed by atoms with Crippen molar-refractivity contribution in [2.75, 3.05) is 4.72 Å². The van der Waals surface area contributed by atoms with Crippen LogP contribution in [0.15, 0.2) is 64.3 Å². The zero-order valence-corrected chi connectivity index (χ0v) is 16.2. The Labute approximate surface area is 157 Å². The summed E-state index contributed by atoms with van der Waals surface area (Å²) in [5.74, 6) is 0.930. The SMILES string of the molecule is CC(C)c1ccc(S(=O)(=O)Nc2cccc(OCc3cscn3)c2)cc1. The predicted molar refractivity (Wildman–Crippen MR) is 104 cm³/mol. The number of nitrogens with one attached hydrogen (secondary N) is 1. The summed E-state index contributed by atoms with van der Waals surface area (Å²) in [5, 5.41) is 1.91. The zero-order valence-electron chi connectivity index (χ0n) is 14.5. The lowest BCUT2D eigenvalue weighted by atomic mass is 10.0. The molecule has 0 unspecified atom stereocenters. The first kappa shape index (κ1) is 18.4. The highest BCUT2D eigenvalue weighted by Gasteiger charge is 2.15. The molecule has 26 heavy (non-hydrogen) atoms. The molecular weight excluding hydrogens is 368 g/mol. The van der Waals surface area contributed by atoms with E-state index in [0.29, 0.717) is 24.0 Å². The van der Waals surface area contributed by atoms with Gasteiger partial charge in [-0.1, -0.05) is 32.0 Å². The molecule has 3 aromatic rings. The maximum absolute atomic E-state index is 12.6. The third-order valence-corrected chi connectivity index (χ3v) is 5.85. The van der Waals surface area contributed by atoms with E-state index in [9.17, 15) is 8.42 Å². The Hall–Kier alpha value is -2.38. The number of anilines is 1. The molecule has 1 N–H and O–H groups in total. The van der Waals surface area contributed by atoms with Gasteiger partial charge >= 0.3 is 0 Å². The number of hydrogen-bond donors (Lipinski definition) is 1. The predicted octanol–water partition coefficient (Wildman–Crippen LogP) is 4.65. The molecule has 0 spiro atoms. The van der Waals surface area contributed by atoms with Crippen molar-refractivity contribution in [3.05, 3.63) is 70.7 Å². The van der Waals surface area contributed by atoms with E-state index in [1.807, 2.05) is 17.5 Å². The molecule has 7 heteroatoms. The number of hydrogen-bond acceptors (Lipinski definition) is 5. The van der Waals surface area contributed by atoms with Gasteiger partial charge in [-0.05, 0) is 35.7 Å². The molecule has 2 aromatic carbocycles. The van der Waals surface area contributed by atoms with Crippen LogP contribution in [-0.2, 0) is 16.6 Å². The molecular formula is C19H20N2O3S2. The van der Waals surface area contributed by atoms with E-state index in [4.69, 9.17) is 4.74 Å². The zero-order chi connectivity index (χ0) is 18.6. The number of benzene rings is 2. The highest BCUT2D eigenvalue weighted by atomic mass is 32.2. The summed E-state index contributed by atoms with van der Waals surface area (Å²) in [6.45, 7) is 4.48. The van der Waals surface area contributed by atoms with Crippen molar-refractivity contribution in [2.45, 2.75) is 31.3 Å². The van der Waals surface area contributed by atoms with E-state index in [-0.39, 0.29) is 4.90 Å². The summed E-state index contributed by atoms with van der Waals surface area (Å²) in [6, 6.07) is 13.8. The number of sulfonamides is 1. The van der Waals surface area contributed by atoms with Gasteiger partial charge in [0.05, 0.1) is 21.8 Å². The van der Waals surface area contributed by atoms with E-state index in [2.05, 4.69) is 23.6 Å². The quantitative estimate of drug-likeness (QED) is 0.640. The average Bonchev–Trinajstić information content (AvgIpc) is 3.13. The van der Waals surface area contributed by atoms with Crippen molar-refractivity contribution in [2.24, 2.45) is 0 Å². The van der Waals surface area contributed by atoms with E-state index < -0.39 is 10.0 Å². The van der Waals surface area contributed by atoms with Crippen molar-refractivity contribution >= 4 is 27.0 Å². The first-order valence-corrected chi connectivity index (χ1v) is 10.6. The molecule has 0 aliphatic rings. The van der Waals surface area contributed by atoms with Crippen LogP contribution >= 0.6 is 11.3 Å². The third kappa shape index (κ3) is 4.62. The second-order valence-electron chi connectivity index (χ2n) is 6.13. The van der Waals surface area contributed by atoms with Crippen LogP contribution in [0.2, 0.25) is 0 Å². The first-order chi connectivity index (χ1) is 12.4. The van der Waals surface area contributed by atoms with Gasteiger partial charge in [0.15, 0.2) is 0 Å². The monoisotopic (exact) mass is 388 g/mol. The fourth-order valence-electron chi connectivity index (χ4n) is 2.36. The number of nitrogens with zero attached hydrogens (tertiary/aromatic N) is 1. The minimum absolute atomic E-state index is 0.232. The highest BCUT2D eigenvalue weighted by Crippen LogP contribution is 2.23. The van der Waals surface area contributed by atoms with Crippen LogP contribution in [0.4, 0.5) is 5.69 Å². The van der Waals surface area contributed by atoms with Crippen molar-refractivity contribution in [3.63, 3.8) is 0 Å². The van der Waals surface area contributed by atoms with Crippen LogP contribution < -0.4 is 9.46 Å². The summed E-state index contributed by atoms with van der Waals surface area (Å²) >= 11 is 1.50. The van der Waals surface area contributed by atoms with Gasteiger partial charge in [0, 0.05) is 11.4 Å². The molecule has 0 saturated carbocycles. The topological polar surface area (TPSA) is 68.3 Å². The van der Waals surface area contributed by atoms with Gasteiger partial charge in [-0.2, -0.15) is 0 Å². The van der Waals surface area contributed by atoms with Gasteiger partial charge in [0.2, 0.25) is 0 Å². The molecule has 0 radical (unpaired) electrons. The normalized spacial score (nSPS) is 11.5. The van der Waals surface area contributed by atoms with Gasteiger partial charge < -0.3 is 4.74 Å². The summed E-state index contributed by atoms with van der Waals surface area (Å²) in [5.41, 5.74) is 4.13. The van der Waals surface area contributed by atoms with E-state index in [0.717, 1.165) is 11.3 Å². The fraction of sp³-hybridized carbons (Fsp3) is 0.211. The van der Waals surface area contributed by atoms with E-state index in [1.54, 1.807) is 41.9 Å². The lowest BCUT2D eigenvalue weighted by molar-refractivity contribution is 0.302. The number of thiazole rings is 1. The standard InChI is InChI=1S/C19H20N2O3S2/c1-14(2)15-6-8-19(9-7-15)26(22,23)21-16-4-3-5-18(10-16)24-11-17-12-25-13-20-17/h3-10,12-14,21H,11H2,1-2H3. The fourth-order valence-corrected chi connectivity index (χ4v) is 3.95. The van der Waals surface area contributed by atoms with Gasteiger partial charge in [-0.3, -0.25) is 4.72 Å². The summed E-state index contributed by atoms with van der Waals surface area (Å²) < 4.78 is 33.4. The van der Waals surface area contributed by atoms with Gasteiger partial charge in [0.1, 0.15) is 12.4 Å². The minimum atomic E-state index is -3.65.